The van der Waals surface area contributed by atoms with E-state index < -0.39 is 11.7 Å². The van der Waals surface area contributed by atoms with Gasteiger partial charge in [-0.1, -0.05) is 18.2 Å². The predicted molar refractivity (Wildman–Crippen MR) is 92.4 cm³/mol. The van der Waals surface area contributed by atoms with Crippen molar-refractivity contribution in [3.63, 3.8) is 0 Å². The van der Waals surface area contributed by atoms with E-state index in [4.69, 9.17) is 0 Å². The molecular weight excluding hydrogens is 345 g/mol. The van der Waals surface area contributed by atoms with E-state index in [1.54, 1.807) is 6.07 Å². The van der Waals surface area contributed by atoms with E-state index >= 15 is 0 Å². The number of aryl methyl sites for hydroxylation is 1. The molecule has 1 aliphatic rings. The summed E-state index contributed by atoms with van der Waals surface area (Å²) in [4.78, 5) is 24.9. The van der Waals surface area contributed by atoms with E-state index in [-0.39, 0.29) is 18.2 Å². The summed E-state index contributed by atoms with van der Waals surface area (Å²) in [6.45, 7) is 3.09. The van der Waals surface area contributed by atoms with Gasteiger partial charge in [0.25, 0.3) is 0 Å². The number of benzene rings is 1. The van der Waals surface area contributed by atoms with E-state index in [0.717, 1.165) is 25.3 Å². The highest BCUT2D eigenvalue weighted by Crippen LogP contribution is 2.30. The number of likely N-dealkylation sites (tertiary alicyclic amines) is 1. The fourth-order valence-electron chi connectivity index (χ4n) is 3.30. The second-order valence-corrected chi connectivity index (χ2v) is 6.82. The zero-order valence-corrected chi connectivity index (χ0v) is 14.9. The van der Waals surface area contributed by atoms with Gasteiger partial charge in [0.15, 0.2) is 0 Å². The van der Waals surface area contributed by atoms with Gasteiger partial charge in [0.05, 0.1) is 5.56 Å². The molecule has 1 aromatic carbocycles. The van der Waals surface area contributed by atoms with Crippen LogP contribution in [0.3, 0.4) is 0 Å². The van der Waals surface area contributed by atoms with Gasteiger partial charge in [-0.15, -0.1) is 0 Å². The van der Waals surface area contributed by atoms with Gasteiger partial charge >= 0.3 is 6.18 Å². The lowest BCUT2D eigenvalue weighted by Crippen LogP contribution is -2.41. The molecule has 1 atom stereocenters. The monoisotopic (exact) mass is 370 g/mol. The molecule has 4 nitrogen and oxygen atoms in total. The van der Waals surface area contributed by atoms with Crippen LogP contribution >= 0.6 is 0 Å². The second-order valence-electron chi connectivity index (χ2n) is 6.82. The zero-order valence-electron chi connectivity index (χ0n) is 14.9. The number of nitrogens with one attached hydrogen (secondary N) is 1. The molecule has 1 heterocycles. The van der Waals surface area contributed by atoms with E-state index in [1.165, 1.54) is 19.1 Å². The summed E-state index contributed by atoms with van der Waals surface area (Å²) in [5.41, 5.74) is 0.0577. The first-order chi connectivity index (χ1) is 12.3. The van der Waals surface area contributed by atoms with Crippen molar-refractivity contribution in [2.24, 2.45) is 5.92 Å². The predicted octanol–water partition coefficient (Wildman–Crippen LogP) is 3.40. The molecule has 0 spiro atoms. The molecule has 1 unspecified atom stereocenters. The first kappa shape index (κ1) is 20.3. The minimum atomic E-state index is -4.32. The Labute approximate surface area is 151 Å². The fourth-order valence-corrected chi connectivity index (χ4v) is 3.30. The maximum absolute atomic E-state index is 12.8. The molecule has 0 saturated carbocycles. The maximum atomic E-state index is 12.8. The second kappa shape index (κ2) is 9.05. The number of nitrogens with zero attached hydrogens (tertiary/aromatic N) is 1. The summed E-state index contributed by atoms with van der Waals surface area (Å²) < 4.78 is 38.4. The number of amides is 2. The third-order valence-corrected chi connectivity index (χ3v) is 4.68. The van der Waals surface area contributed by atoms with Crippen molar-refractivity contribution in [1.29, 1.82) is 0 Å². The van der Waals surface area contributed by atoms with Crippen LogP contribution in [0.2, 0.25) is 0 Å². The van der Waals surface area contributed by atoms with Crippen LogP contribution in [0.1, 0.15) is 43.7 Å². The number of hydrogen-bond donors (Lipinski definition) is 1. The number of carbonyl (C=O) groups excluding carboxylic acids is 2. The molecule has 2 rings (SSSR count). The van der Waals surface area contributed by atoms with Crippen LogP contribution in [0.5, 0.6) is 0 Å². The molecule has 0 radical (unpaired) electrons. The van der Waals surface area contributed by atoms with Gasteiger partial charge < -0.3 is 10.2 Å². The lowest BCUT2D eigenvalue weighted by molar-refractivity contribution is -0.137. The van der Waals surface area contributed by atoms with E-state index in [9.17, 15) is 22.8 Å². The maximum Gasteiger partial charge on any atom is 0.416 e. The number of halogens is 3. The Morgan fingerprint density at radius 3 is 2.77 bits per heavy atom. The van der Waals surface area contributed by atoms with Crippen LogP contribution in [0, 0.1) is 5.92 Å². The van der Waals surface area contributed by atoms with Gasteiger partial charge in [0.2, 0.25) is 11.8 Å². The molecule has 0 aromatic heterocycles. The number of rotatable bonds is 6. The standard InChI is InChI=1S/C19H25F3N2O2/c1-14(25)23-10-9-18(26)24-11-3-5-16(13-24)8-7-15-4-2-6-17(12-15)19(20,21)22/h2,4,6,12,16H,3,5,7-11,13H2,1H3,(H,23,25). The van der Waals surface area contributed by atoms with Gasteiger partial charge in [0, 0.05) is 33.0 Å². The van der Waals surface area contributed by atoms with Crippen LogP contribution in [0.25, 0.3) is 0 Å². The first-order valence-corrected chi connectivity index (χ1v) is 8.94. The molecule has 144 valence electrons. The minimum absolute atomic E-state index is 0.0162. The average molecular weight is 370 g/mol. The van der Waals surface area contributed by atoms with Crippen LogP contribution in [-0.2, 0) is 22.2 Å². The quantitative estimate of drug-likeness (QED) is 0.834. The normalized spacial score (nSPS) is 17.8. The largest absolute Gasteiger partial charge is 0.416 e. The third-order valence-electron chi connectivity index (χ3n) is 4.68. The molecule has 1 fully saturated rings. The first-order valence-electron chi connectivity index (χ1n) is 8.94. The number of hydrogen-bond acceptors (Lipinski definition) is 2. The van der Waals surface area contributed by atoms with Crippen molar-refractivity contribution in [3.05, 3.63) is 35.4 Å². The lowest BCUT2D eigenvalue weighted by Gasteiger charge is -2.33. The van der Waals surface area contributed by atoms with E-state index in [1.807, 2.05) is 4.90 Å². The summed E-state index contributed by atoms with van der Waals surface area (Å²) in [5, 5.41) is 2.61. The molecule has 1 N–H and O–H groups in total. The molecule has 1 saturated heterocycles. The van der Waals surface area contributed by atoms with Gasteiger partial charge in [-0.05, 0) is 43.2 Å². The highest BCUT2D eigenvalue weighted by molar-refractivity contribution is 5.78. The molecular formula is C19H25F3N2O2. The highest BCUT2D eigenvalue weighted by atomic mass is 19.4. The summed E-state index contributed by atoms with van der Waals surface area (Å²) in [6.07, 6.45) is -0.829. The number of piperidine rings is 1. The smallest absolute Gasteiger partial charge is 0.356 e. The van der Waals surface area contributed by atoms with Crippen LogP contribution < -0.4 is 5.32 Å². The average Bonchev–Trinajstić information content (AvgIpc) is 2.59. The van der Waals surface area contributed by atoms with Crippen molar-refractivity contribution >= 4 is 11.8 Å². The zero-order chi connectivity index (χ0) is 19.2. The Morgan fingerprint density at radius 1 is 1.31 bits per heavy atom. The summed E-state index contributed by atoms with van der Waals surface area (Å²) >= 11 is 0. The SMILES string of the molecule is CC(=O)NCCC(=O)N1CCCC(CCc2cccc(C(F)(F)F)c2)C1. The molecule has 2 amide bonds. The Morgan fingerprint density at radius 2 is 2.08 bits per heavy atom. The molecule has 26 heavy (non-hydrogen) atoms. The number of alkyl halides is 3. The Kier molecular flexibility index (Phi) is 7.06. The number of carbonyl (C=O) groups is 2. The van der Waals surface area contributed by atoms with Crippen LogP contribution in [-0.4, -0.2) is 36.3 Å². The highest BCUT2D eigenvalue weighted by Gasteiger charge is 2.30. The lowest BCUT2D eigenvalue weighted by atomic mass is 9.91. The molecule has 7 heteroatoms. The van der Waals surface area contributed by atoms with Crippen molar-refractivity contribution in [2.75, 3.05) is 19.6 Å². The van der Waals surface area contributed by atoms with Gasteiger partial charge in [-0.3, -0.25) is 9.59 Å². The Bertz CT molecular complexity index is 631. The van der Waals surface area contributed by atoms with Crippen molar-refractivity contribution in [2.45, 2.75) is 45.2 Å². The Hall–Kier alpha value is -2.05. The molecule has 1 aromatic rings. The third kappa shape index (κ3) is 6.35. The van der Waals surface area contributed by atoms with E-state index in [0.29, 0.717) is 37.5 Å². The fraction of sp³-hybridized carbons (Fsp3) is 0.579. The topological polar surface area (TPSA) is 49.4 Å². The van der Waals surface area contributed by atoms with Crippen LogP contribution in [0.4, 0.5) is 13.2 Å². The van der Waals surface area contributed by atoms with Crippen LogP contribution in [0.15, 0.2) is 24.3 Å². The summed E-state index contributed by atoms with van der Waals surface area (Å²) in [5.74, 6) is 0.154. The van der Waals surface area contributed by atoms with Crippen molar-refractivity contribution < 1.29 is 22.8 Å². The summed E-state index contributed by atoms with van der Waals surface area (Å²) in [6, 6.07) is 5.45. The Balaban J connectivity index is 1.83. The van der Waals surface area contributed by atoms with Gasteiger partial charge in [-0.2, -0.15) is 13.2 Å². The van der Waals surface area contributed by atoms with Gasteiger partial charge in [-0.25, -0.2) is 0 Å². The van der Waals surface area contributed by atoms with Gasteiger partial charge in [0.1, 0.15) is 0 Å². The summed E-state index contributed by atoms with van der Waals surface area (Å²) in [7, 11) is 0. The van der Waals surface area contributed by atoms with E-state index in [2.05, 4.69) is 5.32 Å². The molecule has 1 aliphatic heterocycles. The minimum Gasteiger partial charge on any atom is -0.356 e. The van der Waals surface area contributed by atoms with Crippen molar-refractivity contribution in [1.82, 2.24) is 10.2 Å². The molecule has 0 bridgehead atoms. The molecule has 0 aliphatic carbocycles. The van der Waals surface area contributed by atoms with Crippen molar-refractivity contribution in [3.8, 4) is 0 Å².